The summed E-state index contributed by atoms with van der Waals surface area (Å²) < 4.78 is 38.7. The third kappa shape index (κ3) is 3.50. The van der Waals surface area contributed by atoms with Gasteiger partial charge in [0, 0.05) is 10.6 Å². The lowest BCUT2D eigenvalue weighted by atomic mass is 10.2. The normalized spacial score (nSPS) is 14.7. The maximum absolute atomic E-state index is 13.3. The molecule has 1 amide bonds. The van der Waals surface area contributed by atoms with Crippen molar-refractivity contribution in [2.24, 2.45) is 0 Å². The van der Waals surface area contributed by atoms with Gasteiger partial charge in [-0.3, -0.25) is 4.79 Å². The van der Waals surface area contributed by atoms with Crippen LogP contribution in [-0.2, 0) is 21.3 Å². The van der Waals surface area contributed by atoms with Crippen LogP contribution in [0.25, 0.3) is 5.69 Å². The molecule has 0 bridgehead atoms. The van der Waals surface area contributed by atoms with E-state index in [1.54, 1.807) is 6.07 Å². The van der Waals surface area contributed by atoms with Gasteiger partial charge >= 0.3 is 0 Å². The number of carbonyl (C=O) groups is 1. The van der Waals surface area contributed by atoms with E-state index < -0.39 is 21.6 Å². The average molecular weight is 440 g/mol. The Kier molecular flexibility index (Phi) is 4.65. The highest BCUT2D eigenvalue weighted by Crippen LogP contribution is 2.33. The van der Waals surface area contributed by atoms with Gasteiger partial charge in [-0.15, -0.1) is 0 Å². The molecule has 6 nitrogen and oxygen atoms in total. The predicted molar refractivity (Wildman–Crippen MR) is 104 cm³/mol. The monoisotopic (exact) mass is 439 g/mol. The van der Waals surface area contributed by atoms with Gasteiger partial charge < -0.3 is 5.32 Å². The summed E-state index contributed by atoms with van der Waals surface area (Å²) in [6.45, 7) is 0. The predicted octanol–water partition coefficient (Wildman–Crippen LogP) is 4.00. The van der Waals surface area contributed by atoms with Gasteiger partial charge in [-0.25, -0.2) is 17.5 Å². The second kappa shape index (κ2) is 6.88. The van der Waals surface area contributed by atoms with Crippen molar-refractivity contribution in [1.29, 1.82) is 0 Å². The molecule has 2 heterocycles. The van der Waals surface area contributed by atoms with Gasteiger partial charge in [-0.05, 0) is 42.5 Å². The largest absolute Gasteiger partial charge is 0.306 e. The molecule has 1 N–H and O–H groups in total. The van der Waals surface area contributed by atoms with E-state index in [4.69, 9.17) is 23.2 Å². The molecule has 0 radical (unpaired) electrons. The number of fused-ring (bicyclic) bond motifs is 1. The third-order valence-electron chi connectivity index (χ3n) is 4.26. The number of rotatable bonds is 3. The van der Waals surface area contributed by atoms with Crippen molar-refractivity contribution in [3.63, 3.8) is 0 Å². The molecule has 0 unspecified atom stereocenters. The minimum atomic E-state index is -3.34. The molecule has 1 aliphatic rings. The number of halogens is 3. The second-order valence-electron chi connectivity index (χ2n) is 6.27. The van der Waals surface area contributed by atoms with Crippen LogP contribution in [-0.4, -0.2) is 24.1 Å². The summed E-state index contributed by atoms with van der Waals surface area (Å²) in [4.78, 5) is 12.8. The number of aromatic nitrogens is 2. The zero-order valence-corrected chi connectivity index (χ0v) is 16.4. The molecule has 0 aliphatic carbocycles. The number of carbonyl (C=O) groups excluding carboxylic acids is 1. The SMILES string of the molecule is O=C(Nc1c2c(nn1-c1ccc(F)cc1)CS(=O)(=O)C2)c1cc(Cl)ccc1Cl. The van der Waals surface area contributed by atoms with Crippen molar-refractivity contribution < 1.29 is 17.6 Å². The van der Waals surface area contributed by atoms with Crippen molar-refractivity contribution in [3.05, 3.63) is 75.1 Å². The Labute approximate surface area is 169 Å². The number of anilines is 1. The first-order chi connectivity index (χ1) is 13.2. The lowest BCUT2D eigenvalue weighted by molar-refractivity contribution is 0.102. The van der Waals surface area contributed by atoms with E-state index in [-0.39, 0.29) is 27.9 Å². The number of sulfone groups is 1. The molecule has 0 atom stereocenters. The molecule has 0 saturated heterocycles. The van der Waals surface area contributed by atoms with Crippen molar-refractivity contribution in [2.75, 3.05) is 5.32 Å². The van der Waals surface area contributed by atoms with E-state index in [0.717, 1.165) is 0 Å². The van der Waals surface area contributed by atoms with Crippen LogP contribution in [0.4, 0.5) is 10.2 Å². The number of nitrogens with one attached hydrogen (secondary N) is 1. The smallest absolute Gasteiger partial charge is 0.258 e. The minimum absolute atomic E-state index is 0.135. The Hall–Kier alpha value is -2.42. The Morgan fingerprint density at radius 3 is 2.54 bits per heavy atom. The van der Waals surface area contributed by atoms with Gasteiger partial charge in [0.2, 0.25) is 0 Å². The maximum atomic E-state index is 13.3. The van der Waals surface area contributed by atoms with Gasteiger partial charge in [0.1, 0.15) is 11.6 Å². The first-order valence-corrected chi connectivity index (χ1v) is 10.6. The van der Waals surface area contributed by atoms with Crippen LogP contribution in [0.2, 0.25) is 10.0 Å². The first kappa shape index (κ1) is 18.9. The topological polar surface area (TPSA) is 81.1 Å². The molecule has 0 spiro atoms. The van der Waals surface area contributed by atoms with E-state index in [2.05, 4.69) is 10.4 Å². The van der Waals surface area contributed by atoms with Gasteiger partial charge in [0.15, 0.2) is 9.84 Å². The molecule has 2 aromatic carbocycles. The fourth-order valence-electron chi connectivity index (χ4n) is 2.99. The van der Waals surface area contributed by atoms with Gasteiger partial charge in [0.25, 0.3) is 5.91 Å². The lowest BCUT2D eigenvalue weighted by Gasteiger charge is -2.12. The van der Waals surface area contributed by atoms with E-state index in [9.17, 15) is 17.6 Å². The summed E-state index contributed by atoms with van der Waals surface area (Å²) in [6.07, 6.45) is 0. The Bertz CT molecular complexity index is 1210. The molecule has 0 saturated carbocycles. The van der Waals surface area contributed by atoms with Crippen molar-refractivity contribution in [1.82, 2.24) is 9.78 Å². The van der Waals surface area contributed by atoms with Crippen LogP contribution in [0.3, 0.4) is 0 Å². The average Bonchev–Trinajstić information content (AvgIpc) is 3.10. The van der Waals surface area contributed by atoms with E-state index in [0.29, 0.717) is 22.0 Å². The third-order valence-corrected chi connectivity index (χ3v) is 6.27. The quantitative estimate of drug-likeness (QED) is 0.668. The van der Waals surface area contributed by atoms with Gasteiger partial charge in [-0.1, -0.05) is 23.2 Å². The molecule has 1 aliphatic heterocycles. The Morgan fingerprint density at radius 1 is 1.11 bits per heavy atom. The fraction of sp³-hybridized carbons (Fsp3) is 0.111. The fourth-order valence-corrected chi connectivity index (χ4v) is 4.86. The zero-order chi connectivity index (χ0) is 20.1. The standard InChI is InChI=1S/C18H12Cl2FN3O3S/c19-10-1-6-15(20)13(7-10)18(25)22-17-14-8-28(26,27)9-16(14)23-24(17)12-4-2-11(21)3-5-12/h1-7H,8-9H2,(H,22,25). The summed E-state index contributed by atoms with van der Waals surface area (Å²) in [5, 5.41) is 7.52. The van der Waals surface area contributed by atoms with Crippen LogP contribution >= 0.6 is 23.2 Å². The minimum Gasteiger partial charge on any atom is -0.306 e. The highest BCUT2D eigenvalue weighted by Gasteiger charge is 2.33. The Balaban J connectivity index is 1.80. The van der Waals surface area contributed by atoms with Crippen molar-refractivity contribution in [2.45, 2.75) is 11.5 Å². The molecule has 144 valence electrons. The number of hydrogen-bond donors (Lipinski definition) is 1. The summed E-state index contributed by atoms with van der Waals surface area (Å²) in [7, 11) is -3.34. The highest BCUT2D eigenvalue weighted by atomic mass is 35.5. The zero-order valence-electron chi connectivity index (χ0n) is 14.1. The van der Waals surface area contributed by atoms with Crippen molar-refractivity contribution in [3.8, 4) is 5.69 Å². The van der Waals surface area contributed by atoms with Crippen LogP contribution in [0.1, 0.15) is 21.6 Å². The molecule has 0 fully saturated rings. The van der Waals surface area contributed by atoms with Crippen LogP contribution in [0, 0.1) is 5.82 Å². The van der Waals surface area contributed by atoms with E-state index in [1.807, 2.05) is 0 Å². The maximum Gasteiger partial charge on any atom is 0.258 e. The van der Waals surface area contributed by atoms with Gasteiger partial charge in [0.05, 0.1) is 33.5 Å². The summed E-state index contributed by atoms with van der Waals surface area (Å²) in [6, 6.07) is 9.91. The van der Waals surface area contributed by atoms with Crippen molar-refractivity contribution >= 4 is 44.8 Å². The van der Waals surface area contributed by atoms with Crippen LogP contribution in [0.5, 0.6) is 0 Å². The van der Waals surface area contributed by atoms with Crippen LogP contribution in [0.15, 0.2) is 42.5 Å². The number of benzene rings is 2. The molecular formula is C18H12Cl2FN3O3S. The molecule has 3 aromatic rings. The van der Waals surface area contributed by atoms with Gasteiger partial charge in [-0.2, -0.15) is 5.10 Å². The van der Waals surface area contributed by atoms with E-state index in [1.165, 1.54) is 41.1 Å². The molecule has 1 aromatic heterocycles. The Morgan fingerprint density at radius 2 is 1.82 bits per heavy atom. The number of amides is 1. The molecule has 28 heavy (non-hydrogen) atoms. The number of nitrogens with zero attached hydrogens (tertiary/aromatic N) is 2. The molecule has 10 heteroatoms. The summed E-state index contributed by atoms with van der Waals surface area (Å²) in [5.74, 6) is -1.27. The second-order valence-corrected chi connectivity index (χ2v) is 9.18. The summed E-state index contributed by atoms with van der Waals surface area (Å²) >= 11 is 12.0. The molecular weight excluding hydrogens is 428 g/mol. The lowest BCUT2D eigenvalue weighted by Crippen LogP contribution is -2.17. The van der Waals surface area contributed by atoms with E-state index >= 15 is 0 Å². The highest BCUT2D eigenvalue weighted by molar-refractivity contribution is 7.90. The number of hydrogen-bond acceptors (Lipinski definition) is 4. The molecule has 4 rings (SSSR count). The van der Waals surface area contributed by atoms with Crippen LogP contribution < -0.4 is 5.32 Å². The summed E-state index contributed by atoms with van der Waals surface area (Å²) in [5.41, 5.74) is 1.35. The first-order valence-electron chi connectivity index (χ1n) is 8.07.